The van der Waals surface area contributed by atoms with E-state index in [2.05, 4.69) is 20.3 Å². The molecule has 0 saturated heterocycles. The van der Waals surface area contributed by atoms with Gasteiger partial charge in [-0.3, -0.25) is 0 Å². The van der Waals surface area contributed by atoms with Gasteiger partial charge in [0.2, 0.25) is 5.13 Å². The van der Waals surface area contributed by atoms with E-state index in [1.807, 2.05) is 24.3 Å². The number of aromatic nitrogens is 1. The Morgan fingerprint density at radius 3 is 2.88 bits per heavy atom. The van der Waals surface area contributed by atoms with Crippen LogP contribution in [0.15, 0.2) is 51.5 Å². The lowest BCUT2D eigenvalue weighted by Crippen LogP contribution is -1.88. The lowest BCUT2D eigenvalue weighted by atomic mass is 10.3. The number of para-hydroxylation sites is 1. The van der Waals surface area contributed by atoms with E-state index in [0.29, 0.717) is 10.8 Å². The molecule has 0 aliphatic heterocycles. The maximum Gasteiger partial charge on any atom is 0.210 e. The fraction of sp³-hybridized carbons (Fsp3) is 0. The van der Waals surface area contributed by atoms with Gasteiger partial charge in [0.1, 0.15) is 5.70 Å². The van der Waals surface area contributed by atoms with Crippen molar-refractivity contribution in [2.24, 2.45) is 26.9 Å². The maximum absolute atomic E-state index is 5.32. The molecular formula is C10H10N6S. The molecule has 0 unspecified atom stereocenters. The molecule has 0 aliphatic rings. The van der Waals surface area contributed by atoms with Crippen molar-refractivity contribution in [3.63, 3.8) is 0 Å². The van der Waals surface area contributed by atoms with Crippen LogP contribution in [0.25, 0.3) is 10.2 Å². The van der Waals surface area contributed by atoms with Gasteiger partial charge in [-0.2, -0.15) is 0 Å². The van der Waals surface area contributed by atoms with Gasteiger partial charge >= 0.3 is 0 Å². The molecule has 0 amide bonds. The normalized spacial score (nSPS) is 13.1. The van der Waals surface area contributed by atoms with Gasteiger partial charge in [-0.05, 0) is 12.1 Å². The van der Waals surface area contributed by atoms with Crippen molar-refractivity contribution in [1.82, 2.24) is 4.98 Å². The highest BCUT2D eigenvalue weighted by molar-refractivity contribution is 7.22. The number of nitrogens with zero attached hydrogens (tertiary/aromatic N) is 4. The number of allylic oxidation sites excluding steroid dienone is 1. The molecule has 1 aromatic carbocycles. The smallest absolute Gasteiger partial charge is 0.210 e. The molecule has 0 atom stereocenters. The second-order valence-electron chi connectivity index (χ2n) is 3.03. The van der Waals surface area contributed by atoms with Crippen molar-refractivity contribution >= 4 is 32.9 Å². The largest absolute Gasteiger partial charge is 0.403 e. The standard InChI is InChI=1S/C10H10N6S/c11-5-7(15-16-12)6-13-10-14-8-3-1-2-4-9(8)17-10/h1-6H,11H2,(H2,12,15). The molecule has 2 rings (SSSR count). The summed E-state index contributed by atoms with van der Waals surface area (Å²) in [6.07, 6.45) is 2.74. The number of fused-ring (bicyclic) bond motifs is 1. The first-order chi connectivity index (χ1) is 8.33. The lowest BCUT2D eigenvalue weighted by Gasteiger charge is -1.86. The monoisotopic (exact) mass is 246 g/mol. The Bertz CT molecular complexity index is 565. The summed E-state index contributed by atoms with van der Waals surface area (Å²) in [4.78, 5) is 8.49. The quantitative estimate of drug-likeness (QED) is 0.375. The van der Waals surface area contributed by atoms with Crippen LogP contribution in [0.2, 0.25) is 0 Å². The molecule has 1 aromatic heterocycles. The number of hydrogen-bond acceptors (Lipinski definition) is 6. The zero-order valence-corrected chi connectivity index (χ0v) is 9.63. The van der Waals surface area contributed by atoms with E-state index >= 15 is 0 Å². The summed E-state index contributed by atoms with van der Waals surface area (Å²) in [5.74, 6) is 4.92. The number of aliphatic imine (C=N–C) groups is 1. The first kappa shape index (κ1) is 11.2. The highest BCUT2D eigenvalue weighted by Crippen LogP contribution is 2.27. The molecule has 0 bridgehead atoms. The highest BCUT2D eigenvalue weighted by Gasteiger charge is 2.00. The van der Waals surface area contributed by atoms with E-state index in [-0.39, 0.29) is 0 Å². The van der Waals surface area contributed by atoms with Crippen LogP contribution in [0.1, 0.15) is 0 Å². The van der Waals surface area contributed by atoms with Crippen molar-refractivity contribution in [1.29, 1.82) is 0 Å². The lowest BCUT2D eigenvalue weighted by molar-refractivity contribution is 1.04. The van der Waals surface area contributed by atoms with Gasteiger partial charge < -0.3 is 11.6 Å². The Morgan fingerprint density at radius 1 is 1.35 bits per heavy atom. The Hall–Kier alpha value is -2.28. The van der Waals surface area contributed by atoms with E-state index in [1.54, 1.807) is 0 Å². The van der Waals surface area contributed by atoms with Crippen LogP contribution in [0.5, 0.6) is 0 Å². The Balaban J connectivity index is 2.26. The Labute approximate surface area is 101 Å². The van der Waals surface area contributed by atoms with Crippen LogP contribution >= 0.6 is 11.3 Å². The van der Waals surface area contributed by atoms with E-state index < -0.39 is 0 Å². The summed E-state index contributed by atoms with van der Waals surface area (Å²) in [6.45, 7) is 0. The van der Waals surface area contributed by atoms with Gasteiger partial charge in [0, 0.05) is 6.20 Å². The third-order valence-corrected chi connectivity index (χ3v) is 2.88. The molecule has 0 fully saturated rings. The minimum Gasteiger partial charge on any atom is -0.403 e. The summed E-state index contributed by atoms with van der Waals surface area (Å²) in [6, 6.07) is 7.82. The van der Waals surface area contributed by atoms with Gasteiger partial charge in [-0.1, -0.05) is 28.7 Å². The van der Waals surface area contributed by atoms with Crippen LogP contribution in [0.4, 0.5) is 5.13 Å². The number of benzene rings is 1. The molecule has 86 valence electrons. The summed E-state index contributed by atoms with van der Waals surface area (Å²) >= 11 is 1.49. The van der Waals surface area contributed by atoms with Crippen molar-refractivity contribution in [2.75, 3.05) is 0 Å². The van der Waals surface area contributed by atoms with E-state index in [1.165, 1.54) is 23.8 Å². The zero-order chi connectivity index (χ0) is 12.1. The van der Waals surface area contributed by atoms with E-state index in [4.69, 9.17) is 11.6 Å². The van der Waals surface area contributed by atoms with Crippen molar-refractivity contribution in [3.8, 4) is 0 Å². The summed E-state index contributed by atoms with van der Waals surface area (Å²) in [7, 11) is 0. The van der Waals surface area contributed by atoms with E-state index in [9.17, 15) is 0 Å². The van der Waals surface area contributed by atoms with Gasteiger partial charge in [-0.15, -0.1) is 5.11 Å². The van der Waals surface area contributed by atoms with Crippen molar-refractivity contribution in [2.45, 2.75) is 0 Å². The predicted octanol–water partition coefficient (Wildman–Crippen LogP) is 2.12. The minimum absolute atomic E-state index is 0.381. The summed E-state index contributed by atoms with van der Waals surface area (Å²) in [5, 5.41) is 7.35. The third kappa shape index (κ3) is 2.64. The Kier molecular flexibility index (Phi) is 3.41. The fourth-order valence-electron chi connectivity index (χ4n) is 1.21. The molecule has 4 N–H and O–H groups in total. The third-order valence-electron chi connectivity index (χ3n) is 1.93. The number of hydrogen-bond donors (Lipinski definition) is 2. The molecule has 1 heterocycles. The zero-order valence-electron chi connectivity index (χ0n) is 8.82. The number of rotatable bonds is 3. The predicted molar refractivity (Wildman–Crippen MR) is 69.1 cm³/mol. The topological polar surface area (TPSA) is 102 Å². The van der Waals surface area contributed by atoms with E-state index in [0.717, 1.165) is 10.2 Å². The molecule has 0 radical (unpaired) electrons. The Morgan fingerprint density at radius 2 is 2.18 bits per heavy atom. The first-order valence-electron chi connectivity index (χ1n) is 4.76. The van der Waals surface area contributed by atoms with Crippen LogP contribution in [-0.4, -0.2) is 11.2 Å². The number of thiazole rings is 1. The molecule has 0 spiro atoms. The van der Waals surface area contributed by atoms with Crippen LogP contribution in [0, 0.1) is 0 Å². The molecule has 17 heavy (non-hydrogen) atoms. The molecule has 2 aromatic rings. The molecule has 7 heteroatoms. The molecule has 0 aliphatic carbocycles. The molecule has 0 saturated carbocycles. The second-order valence-corrected chi connectivity index (χ2v) is 4.04. The summed E-state index contributed by atoms with van der Waals surface area (Å²) < 4.78 is 1.08. The van der Waals surface area contributed by atoms with Crippen molar-refractivity contribution < 1.29 is 0 Å². The van der Waals surface area contributed by atoms with Crippen molar-refractivity contribution in [3.05, 3.63) is 36.2 Å². The van der Waals surface area contributed by atoms with Gasteiger partial charge in [0.25, 0.3) is 0 Å². The molecule has 6 nitrogen and oxygen atoms in total. The molecular weight excluding hydrogens is 236 g/mol. The average Bonchev–Trinajstić information content (AvgIpc) is 2.77. The van der Waals surface area contributed by atoms with Gasteiger partial charge in [0.15, 0.2) is 0 Å². The highest BCUT2D eigenvalue weighted by atomic mass is 32.1. The van der Waals surface area contributed by atoms with Gasteiger partial charge in [-0.25, -0.2) is 9.98 Å². The SMILES string of the molecule is NC=C(C=Nc1nc2ccccc2s1)N=NN. The minimum atomic E-state index is 0.381. The average molecular weight is 246 g/mol. The number of nitrogens with two attached hydrogens (primary N) is 2. The maximum atomic E-state index is 5.32. The van der Waals surface area contributed by atoms with Gasteiger partial charge in [0.05, 0.1) is 16.4 Å². The van der Waals surface area contributed by atoms with Crippen LogP contribution < -0.4 is 11.6 Å². The first-order valence-corrected chi connectivity index (χ1v) is 5.57. The van der Waals surface area contributed by atoms with Crippen LogP contribution in [-0.2, 0) is 0 Å². The second kappa shape index (κ2) is 5.17. The van der Waals surface area contributed by atoms with Crippen LogP contribution in [0.3, 0.4) is 0 Å². The fourth-order valence-corrected chi connectivity index (χ4v) is 2.02. The summed E-state index contributed by atoms with van der Waals surface area (Å²) in [5.41, 5.74) is 6.62.